The van der Waals surface area contributed by atoms with E-state index in [0.29, 0.717) is 6.61 Å². The van der Waals surface area contributed by atoms with Crippen molar-refractivity contribution in [1.82, 2.24) is 5.32 Å². The molecule has 66 valence electrons. The van der Waals surface area contributed by atoms with Crippen molar-refractivity contribution in [2.24, 2.45) is 0 Å². The molecule has 3 heteroatoms. The number of hydrogen-bond acceptors (Lipinski definition) is 2. The van der Waals surface area contributed by atoms with Crippen LogP contribution < -0.4 is 5.32 Å². The van der Waals surface area contributed by atoms with Crippen LogP contribution in [0.15, 0.2) is 0 Å². The Labute approximate surface area is 67.1 Å². The van der Waals surface area contributed by atoms with Crippen molar-refractivity contribution in [1.29, 1.82) is 0 Å². The summed E-state index contributed by atoms with van der Waals surface area (Å²) in [6, 6.07) is 0.0431. The topological polar surface area (TPSA) is 21.3 Å². The number of ether oxygens (including phenoxy) is 1. The second-order valence-electron chi connectivity index (χ2n) is 2.88. The minimum atomic E-state index is -0.822. The van der Waals surface area contributed by atoms with E-state index in [2.05, 4.69) is 5.32 Å². The van der Waals surface area contributed by atoms with Gasteiger partial charge < -0.3 is 10.1 Å². The van der Waals surface area contributed by atoms with Gasteiger partial charge in [-0.2, -0.15) is 0 Å². The molecule has 1 rings (SSSR count). The summed E-state index contributed by atoms with van der Waals surface area (Å²) in [5.41, 5.74) is 0. The van der Waals surface area contributed by atoms with Crippen LogP contribution in [0.25, 0.3) is 0 Å². The van der Waals surface area contributed by atoms with Crippen molar-refractivity contribution in [3.8, 4) is 0 Å². The maximum atomic E-state index is 13.1. The molecule has 1 saturated heterocycles. The lowest BCUT2D eigenvalue weighted by molar-refractivity contribution is 0.0746. The molecule has 0 spiro atoms. The predicted molar refractivity (Wildman–Crippen MR) is 42.4 cm³/mol. The van der Waals surface area contributed by atoms with Gasteiger partial charge in [-0.3, -0.25) is 0 Å². The normalized spacial score (nSPS) is 27.3. The lowest BCUT2D eigenvalue weighted by Gasteiger charge is -2.15. The van der Waals surface area contributed by atoms with E-state index in [1.807, 2.05) is 6.92 Å². The first-order valence-corrected chi connectivity index (χ1v) is 4.29. The SMILES string of the molecule is CCOCC(F)C1CCCN1. The van der Waals surface area contributed by atoms with Crippen LogP contribution in [0.5, 0.6) is 0 Å². The van der Waals surface area contributed by atoms with Gasteiger partial charge >= 0.3 is 0 Å². The zero-order valence-corrected chi connectivity index (χ0v) is 6.98. The minimum absolute atomic E-state index is 0.0431. The summed E-state index contributed by atoms with van der Waals surface area (Å²) >= 11 is 0. The fourth-order valence-electron chi connectivity index (χ4n) is 1.37. The molecule has 1 N–H and O–H groups in total. The Morgan fingerprint density at radius 3 is 3.09 bits per heavy atom. The van der Waals surface area contributed by atoms with E-state index in [-0.39, 0.29) is 12.6 Å². The van der Waals surface area contributed by atoms with Crippen LogP contribution in [-0.2, 0) is 4.74 Å². The average molecular weight is 161 g/mol. The van der Waals surface area contributed by atoms with Gasteiger partial charge in [0.05, 0.1) is 6.61 Å². The van der Waals surface area contributed by atoms with Gasteiger partial charge in [0.25, 0.3) is 0 Å². The Morgan fingerprint density at radius 1 is 1.73 bits per heavy atom. The van der Waals surface area contributed by atoms with Crippen molar-refractivity contribution in [3.63, 3.8) is 0 Å². The average Bonchev–Trinajstić information content (AvgIpc) is 2.52. The highest BCUT2D eigenvalue weighted by atomic mass is 19.1. The van der Waals surface area contributed by atoms with Gasteiger partial charge in [0.15, 0.2) is 0 Å². The lowest BCUT2D eigenvalue weighted by atomic mass is 10.1. The second kappa shape index (κ2) is 4.67. The molecule has 1 fully saturated rings. The third kappa shape index (κ3) is 2.75. The second-order valence-corrected chi connectivity index (χ2v) is 2.88. The molecule has 0 aromatic heterocycles. The molecule has 2 nitrogen and oxygen atoms in total. The van der Waals surface area contributed by atoms with E-state index < -0.39 is 6.17 Å². The summed E-state index contributed by atoms with van der Waals surface area (Å²) < 4.78 is 18.1. The van der Waals surface area contributed by atoms with Crippen molar-refractivity contribution >= 4 is 0 Å². The molecule has 1 aliphatic heterocycles. The predicted octanol–water partition coefficient (Wildman–Crippen LogP) is 1.11. The molecule has 2 atom stereocenters. The van der Waals surface area contributed by atoms with Crippen LogP contribution >= 0.6 is 0 Å². The molecule has 2 unspecified atom stereocenters. The monoisotopic (exact) mass is 161 g/mol. The van der Waals surface area contributed by atoms with Crippen LogP contribution in [0.1, 0.15) is 19.8 Å². The zero-order chi connectivity index (χ0) is 8.10. The Balaban J connectivity index is 2.12. The Kier molecular flexibility index (Phi) is 3.80. The molecular formula is C8H16FNO. The largest absolute Gasteiger partial charge is 0.379 e. The van der Waals surface area contributed by atoms with Crippen LogP contribution in [-0.4, -0.2) is 32.0 Å². The van der Waals surface area contributed by atoms with Crippen molar-refractivity contribution in [2.75, 3.05) is 19.8 Å². The van der Waals surface area contributed by atoms with Gasteiger partial charge in [-0.15, -0.1) is 0 Å². The van der Waals surface area contributed by atoms with Gasteiger partial charge in [-0.25, -0.2) is 4.39 Å². The highest BCUT2D eigenvalue weighted by Crippen LogP contribution is 2.11. The smallest absolute Gasteiger partial charge is 0.139 e. The highest BCUT2D eigenvalue weighted by molar-refractivity contribution is 4.81. The number of halogens is 1. The first kappa shape index (κ1) is 8.94. The summed E-state index contributed by atoms with van der Waals surface area (Å²) in [5.74, 6) is 0. The third-order valence-corrected chi connectivity index (χ3v) is 2.02. The van der Waals surface area contributed by atoms with Crippen LogP contribution in [0.3, 0.4) is 0 Å². The van der Waals surface area contributed by atoms with E-state index in [9.17, 15) is 4.39 Å². The fourth-order valence-corrected chi connectivity index (χ4v) is 1.37. The molecule has 0 saturated carbocycles. The van der Waals surface area contributed by atoms with E-state index in [4.69, 9.17) is 4.74 Å². The van der Waals surface area contributed by atoms with E-state index >= 15 is 0 Å². The molecular weight excluding hydrogens is 145 g/mol. The zero-order valence-electron chi connectivity index (χ0n) is 6.98. The first-order chi connectivity index (χ1) is 5.34. The molecule has 0 aromatic carbocycles. The quantitative estimate of drug-likeness (QED) is 0.667. The molecule has 0 aliphatic carbocycles. The van der Waals surface area contributed by atoms with E-state index in [1.54, 1.807) is 0 Å². The maximum absolute atomic E-state index is 13.1. The summed E-state index contributed by atoms with van der Waals surface area (Å²) in [4.78, 5) is 0. The maximum Gasteiger partial charge on any atom is 0.139 e. The number of alkyl halides is 1. The third-order valence-electron chi connectivity index (χ3n) is 2.02. The minimum Gasteiger partial charge on any atom is -0.379 e. The number of rotatable bonds is 4. The van der Waals surface area contributed by atoms with Crippen molar-refractivity contribution in [2.45, 2.75) is 32.0 Å². The van der Waals surface area contributed by atoms with Crippen LogP contribution in [0.4, 0.5) is 4.39 Å². The molecule has 0 amide bonds. The van der Waals surface area contributed by atoms with Gasteiger partial charge in [-0.1, -0.05) is 0 Å². The number of nitrogens with one attached hydrogen (secondary N) is 1. The molecule has 0 bridgehead atoms. The van der Waals surface area contributed by atoms with Crippen molar-refractivity contribution in [3.05, 3.63) is 0 Å². The van der Waals surface area contributed by atoms with Gasteiger partial charge in [0, 0.05) is 12.6 Å². The molecule has 0 radical (unpaired) electrons. The summed E-state index contributed by atoms with van der Waals surface area (Å²) in [5, 5.41) is 3.11. The molecule has 11 heavy (non-hydrogen) atoms. The summed E-state index contributed by atoms with van der Waals surface area (Å²) in [7, 11) is 0. The standard InChI is InChI=1S/C8H16FNO/c1-2-11-6-7(9)8-4-3-5-10-8/h7-8,10H,2-6H2,1H3. The summed E-state index contributed by atoms with van der Waals surface area (Å²) in [6.45, 7) is 3.69. The van der Waals surface area contributed by atoms with Gasteiger partial charge in [0.1, 0.15) is 6.17 Å². The molecule has 0 aromatic rings. The fraction of sp³-hybridized carbons (Fsp3) is 1.00. The molecule has 1 aliphatic rings. The van der Waals surface area contributed by atoms with Gasteiger partial charge in [-0.05, 0) is 26.3 Å². The molecule has 1 heterocycles. The summed E-state index contributed by atoms with van der Waals surface area (Å²) in [6.07, 6.45) is 1.23. The van der Waals surface area contributed by atoms with E-state index in [0.717, 1.165) is 19.4 Å². The Hall–Kier alpha value is -0.150. The van der Waals surface area contributed by atoms with Crippen molar-refractivity contribution < 1.29 is 9.13 Å². The van der Waals surface area contributed by atoms with E-state index in [1.165, 1.54) is 0 Å². The highest BCUT2D eigenvalue weighted by Gasteiger charge is 2.23. The van der Waals surface area contributed by atoms with Crippen LogP contribution in [0, 0.1) is 0 Å². The lowest BCUT2D eigenvalue weighted by Crippen LogP contribution is -2.34. The van der Waals surface area contributed by atoms with Crippen LogP contribution in [0.2, 0.25) is 0 Å². The number of hydrogen-bond donors (Lipinski definition) is 1. The van der Waals surface area contributed by atoms with Gasteiger partial charge in [0.2, 0.25) is 0 Å². The first-order valence-electron chi connectivity index (χ1n) is 4.29. The Morgan fingerprint density at radius 2 is 2.55 bits per heavy atom. The Bertz CT molecular complexity index is 104.